The SMILES string of the molecule is CCCCC(=O)N/N=C/c1cccc2ccccc12. The zero-order valence-corrected chi connectivity index (χ0v) is 11.1. The number of amides is 1. The quantitative estimate of drug-likeness (QED) is 0.644. The third-order valence-corrected chi connectivity index (χ3v) is 2.97. The lowest BCUT2D eigenvalue weighted by Crippen LogP contribution is -2.16. The van der Waals surface area contributed by atoms with Gasteiger partial charge < -0.3 is 0 Å². The predicted octanol–water partition coefficient (Wildman–Crippen LogP) is 3.48. The first kappa shape index (κ1) is 13.3. The predicted molar refractivity (Wildman–Crippen MR) is 79.2 cm³/mol. The van der Waals surface area contributed by atoms with Crippen molar-refractivity contribution in [3.8, 4) is 0 Å². The van der Waals surface area contributed by atoms with Crippen LogP contribution in [0, 0.1) is 0 Å². The molecule has 0 aliphatic rings. The molecule has 3 heteroatoms. The molecule has 0 atom stereocenters. The Morgan fingerprint density at radius 2 is 2.00 bits per heavy atom. The second kappa shape index (κ2) is 6.69. The molecular weight excluding hydrogens is 236 g/mol. The van der Waals surface area contributed by atoms with E-state index >= 15 is 0 Å². The highest BCUT2D eigenvalue weighted by Crippen LogP contribution is 2.16. The number of hydrogen-bond donors (Lipinski definition) is 1. The van der Waals surface area contributed by atoms with Crippen LogP contribution in [0.1, 0.15) is 31.7 Å². The third kappa shape index (κ3) is 3.65. The van der Waals surface area contributed by atoms with E-state index in [0.29, 0.717) is 6.42 Å². The van der Waals surface area contributed by atoms with Crippen molar-refractivity contribution in [2.75, 3.05) is 0 Å². The van der Waals surface area contributed by atoms with Gasteiger partial charge in [-0.2, -0.15) is 5.10 Å². The van der Waals surface area contributed by atoms with Crippen molar-refractivity contribution in [1.29, 1.82) is 0 Å². The lowest BCUT2D eigenvalue weighted by molar-refractivity contribution is -0.121. The van der Waals surface area contributed by atoms with Crippen LogP contribution in [0.4, 0.5) is 0 Å². The van der Waals surface area contributed by atoms with Gasteiger partial charge in [-0.1, -0.05) is 55.8 Å². The molecule has 0 aromatic heterocycles. The average Bonchev–Trinajstić information content (AvgIpc) is 2.45. The molecule has 98 valence electrons. The van der Waals surface area contributed by atoms with Crippen molar-refractivity contribution in [2.24, 2.45) is 5.10 Å². The van der Waals surface area contributed by atoms with E-state index in [0.717, 1.165) is 23.8 Å². The minimum atomic E-state index is -0.0293. The van der Waals surface area contributed by atoms with Crippen molar-refractivity contribution in [1.82, 2.24) is 5.43 Å². The van der Waals surface area contributed by atoms with Gasteiger partial charge in [0.1, 0.15) is 0 Å². The van der Waals surface area contributed by atoms with Gasteiger partial charge in [-0.3, -0.25) is 4.79 Å². The van der Waals surface area contributed by atoms with Crippen molar-refractivity contribution in [3.63, 3.8) is 0 Å². The van der Waals surface area contributed by atoms with Crippen LogP contribution in [-0.4, -0.2) is 12.1 Å². The maximum absolute atomic E-state index is 11.4. The van der Waals surface area contributed by atoms with Gasteiger partial charge in [0.25, 0.3) is 0 Å². The topological polar surface area (TPSA) is 41.5 Å². The van der Waals surface area contributed by atoms with Crippen molar-refractivity contribution >= 4 is 22.9 Å². The van der Waals surface area contributed by atoms with E-state index in [9.17, 15) is 4.79 Å². The highest BCUT2D eigenvalue weighted by Gasteiger charge is 1.99. The number of nitrogens with one attached hydrogen (secondary N) is 1. The van der Waals surface area contributed by atoms with Crippen LogP contribution in [-0.2, 0) is 4.79 Å². The number of unbranched alkanes of at least 4 members (excludes halogenated alkanes) is 1. The molecule has 1 amide bonds. The number of carbonyl (C=O) groups is 1. The fourth-order valence-corrected chi connectivity index (χ4v) is 1.93. The Balaban J connectivity index is 2.07. The zero-order chi connectivity index (χ0) is 13.5. The number of benzene rings is 2. The van der Waals surface area contributed by atoms with Gasteiger partial charge >= 0.3 is 0 Å². The first-order valence-electron chi connectivity index (χ1n) is 6.61. The Kier molecular flexibility index (Phi) is 4.67. The molecule has 0 bridgehead atoms. The number of hydrogen-bond acceptors (Lipinski definition) is 2. The van der Waals surface area contributed by atoms with Crippen LogP contribution < -0.4 is 5.43 Å². The highest BCUT2D eigenvalue weighted by molar-refractivity contribution is 5.99. The van der Waals surface area contributed by atoms with E-state index in [1.807, 2.05) is 24.3 Å². The molecule has 1 N–H and O–H groups in total. The molecule has 2 aromatic rings. The van der Waals surface area contributed by atoms with E-state index in [4.69, 9.17) is 0 Å². The standard InChI is InChI=1S/C16H18N2O/c1-2-3-11-16(19)18-17-12-14-9-6-8-13-7-4-5-10-15(13)14/h4-10,12H,2-3,11H2,1H3,(H,18,19)/b17-12+. The summed E-state index contributed by atoms with van der Waals surface area (Å²) in [4.78, 5) is 11.4. The minimum absolute atomic E-state index is 0.0293. The van der Waals surface area contributed by atoms with E-state index in [-0.39, 0.29) is 5.91 Å². The molecule has 0 saturated carbocycles. The number of fused-ring (bicyclic) bond motifs is 1. The van der Waals surface area contributed by atoms with E-state index in [1.54, 1.807) is 6.21 Å². The van der Waals surface area contributed by atoms with Gasteiger partial charge in [-0.15, -0.1) is 0 Å². The van der Waals surface area contributed by atoms with Gasteiger partial charge in [0.05, 0.1) is 6.21 Å². The van der Waals surface area contributed by atoms with Gasteiger partial charge in [0.2, 0.25) is 5.91 Å². The van der Waals surface area contributed by atoms with Gasteiger partial charge in [-0.25, -0.2) is 5.43 Å². The molecule has 3 nitrogen and oxygen atoms in total. The van der Waals surface area contributed by atoms with E-state index < -0.39 is 0 Å². The lowest BCUT2D eigenvalue weighted by Gasteiger charge is -2.01. The summed E-state index contributed by atoms with van der Waals surface area (Å²) in [5, 5.41) is 6.33. The summed E-state index contributed by atoms with van der Waals surface area (Å²) in [6.07, 6.45) is 4.14. The zero-order valence-electron chi connectivity index (χ0n) is 11.1. The van der Waals surface area contributed by atoms with Gasteiger partial charge in [0.15, 0.2) is 0 Å². The Morgan fingerprint density at radius 3 is 2.84 bits per heavy atom. The lowest BCUT2D eigenvalue weighted by atomic mass is 10.1. The Labute approximate surface area is 113 Å². The van der Waals surface area contributed by atoms with Crippen LogP contribution in [0.25, 0.3) is 10.8 Å². The van der Waals surface area contributed by atoms with E-state index in [1.165, 1.54) is 5.39 Å². The maximum atomic E-state index is 11.4. The number of nitrogens with zero attached hydrogens (tertiary/aromatic N) is 1. The summed E-state index contributed by atoms with van der Waals surface area (Å²) in [6.45, 7) is 2.06. The summed E-state index contributed by atoms with van der Waals surface area (Å²) >= 11 is 0. The minimum Gasteiger partial charge on any atom is -0.273 e. The van der Waals surface area contributed by atoms with Crippen LogP contribution in [0.2, 0.25) is 0 Å². The van der Waals surface area contributed by atoms with Gasteiger partial charge in [0, 0.05) is 12.0 Å². The van der Waals surface area contributed by atoms with Crippen LogP contribution in [0.15, 0.2) is 47.6 Å². The molecule has 0 unspecified atom stereocenters. The first-order chi connectivity index (χ1) is 9.31. The normalized spacial score (nSPS) is 11.0. The number of carbonyl (C=O) groups excluding carboxylic acids is 1. The van der Waals surface area contributed by atoms with Gasteiger partial charge in [-0.05, 0) is 17.2 Å². The van der Waals surface area contributed by atoms with Crippen molar-refractivity contribution in [2.45, 2.75) is 26.2 Å². The van der Waals surface area contributed by atoms with Crippen LogP contribution in [0.5, 0.6) is 0 Å². The Bertz CT molecular complexity index is 585. The summed E-state index contributed by atoms with van der Waals surface area (Å²) in [5.74, 6) is -0.0293. The Morgan fingerprint density at radius 1 is 1.21 bits per heavy atom. The molecule has 0 heterocycles. The highest BCUT2D eigenvalue weighted by atomic mass is 16.2. The van der Waals surface area contributed by atoms with Crippen molar-refractivity contribution in [3.05, 3.63) is 48.0 Å². The maximum Gasteiger partial charge on any atom is 0.240 e. The molecule has 0 spiro atoms. The van der Waals surface area contributed by atoms with E-state index in [2.05, 4.69) is 35.7 Å². The Hall–Kier alpha value is -2.16. The summed E-state index contributed by atoms with van der Waals surface area (Å²) in [5.41, 5.74) is 3.57. The monoisotopic (exact) mass is 254 g/mol. The van der Waals surface area contributed by atoms with Crippen LogP contribution >= 0.6 is 0 Å². The second-order valence-corrected chi connectivity index (χ2v) is 4.47. The molecular formula is C16H18N2O. The molecule has 2 aromatic carbocycles. The van der Waals surface area contributed by atoms with Crippen molar-refractivity contribution < 1.29 is 4.79 Å². The summed E-state index contributed by atoms with van der Waals surface area (Å²) in [7, 11) is 0. The molecule has 0 aliphatic heterocycles. The number of rotatable bonds is 5. The average molecular weight is 254 g/mol. The fraction of sp³-hybridized carbons (Fsp3) is 0.250. The van der Waals surface area contributed by atoms with Crippen LogP contribution in [0.3, 0.4) is 0 Å². The largest absolute Gasteiger partial charge is 0.273 e. The number of hydrazone groups is 1. The summed E-state index contributed by atoms with van der Waals surface area (Å²) in [6, 6.07) is 14.2. The molecule has 0 fully saturated rings. The fourth-order valence-electron chi connectivity index (χ4n) is 1.93. The first-order valence-corrected chi connectivity index (χ1v) is 6.61. The third-order valence-electron chi connectivity index (χ3n) is 2.97. The molecule has 0 radical (unpaired) electrons. The molecule has 19 heavy (non-hydrogen) atoms. The summed E-state index contributed by atoms with van der Waals surface area (Å²) < 4.78 is 0. The molecule has 2 rings (SSSR count). The molecule has 0 aliphatic carbocycles. The molecule has 0 saturated heterocycles. The second-order valence-electron chi connectivity index (χ2n) is 4.47. The smallest absolute Gasteiger partial charge is 0.240 e.